The fourth-order valence-electron chi connectivity index (χ4n) is 4.90. The summed E-state index contributed by atoms with van der Waals surface area (Å²) in [4.78, 5) is 25.9. The highest BCUT2D eigenvalue weighted by atomic mass is 19.1. The summed E-state index contributed by atoms with van der Waals surface area (Å²) in [7, 11) is 1.25. The lowest BCUT2D eigenvalue weighted by Gasteiger charge is -2.26. The first-order valence-corrected chi connectivity index (χ1v) is 10.4. The number of pyridine rings is 1. The van der Waals surface area contributed by atoms with E-state index in [2.05, 4.69) is 0 Å². The van der Waals surface area contributed by atoms with Crippen molar-refractivity contribution in [3.8, 4) is 5.75 Å². The number of fused-ring (bicyclic) bond motifs is 1. The largest absolute Gasteiger partial charge is 0.492 e. The van der Waals surface area contributed by atoms with E-state index in [4.69, 9.17) is 16.2 Å². The summed E-state index contributed by atoms with van der Waals surface area (Å²) in [5.74, 6) is -3.17. The average Bonchev–Trinajstić information content (AvgIpc) is 3.62. The van der Waals surface area contributed by atoms with Gasteiger partial charge in [-0.05, 0) is 12.8 Å². The monoisotopic (exact) mass is 452 g/mol. The molecule has 0 radical (unpaired) electrons. The number of carboxylic acid groups (broad SMARTS) is 1. The molecule has 0 amide bonds. The van der Waals surface area contributed by atoms with Crippen molar-refractivity contribution in [1.82, 2.24) is 4.57 Å². The van der Waals surface area contributed by atoms with Crippen molar-refractivity contribution in [2.45, 2.75) is 43.2 Å². The number of hydrogen-bond donors (Lipinski definition) is 3. The lowest BCUT2D eigenvalue weighted by Crippen LogP contribution is -2.38. The third kappa shape index (κ3) is 2.86. The molecule has 4 atom stereocenters. The molecule has 1 aromatic carbocycles. The summed E-state index contributed by atoms with van der Waals surface area (Å²) in [6.45, 7) is -0.0169. The smallest absolute Gasteiger partial charge is 0.341 e. The van der Waals surface area contributed by atoms with E-state index in [9.17, 15) is 23.5 Å². The summed E-state index contributed by atoms with van der Waals surface area (Å²) < 4.78 is 51.1. The predicted octanol–water partition coefficient (Wildman–Crippen LogP) is 1.98. The zero-order valence-corrected chi connectivity index (χ0v) is 17.3. The van der Waals surface area contributed by atoms with Gasteiger partial charge in [-0.2, -0.15) is 0 Å². The van der Waals surface area contributed by atoms with Crippen molar-refractivity contribution >= 4 is 28.2 Å². The molecular weight excluding hydrogens is 429 g/mol. The van der Waals surface area contributed by atoms with Crippen molar-refractivity contribution in [2.24, 2.45) is 11.7 Å². The first kappa shape index (κ1) is 20.9. The van der Waals surface area contributed by atoms with Gasteiger partial charge < -0.3 is 30.8 Å². The number of aromatic nitrogens is 1. The molecule has 2 unspecified atom stereocenters. The second-order valence-corrected chi connectivity index (χ2v) is 9.00. The van der Waals surface area contributed by atoms with Crippen molar-refractivity contribution in [2.75, 3.05) is 30.8 Å². The van der Waals surface area contributed by atoms with Crippen molar-refractivity contribution in [1.29, 1.82) is 0 Å². The van der Waals surface area contributed by atoms with E-state index in [0.29, 0.717) is 12.8 Å². The Morgan fingerprint density at radius 1 is 1.28 bits per heavy atom. The maximum absolute atomic E-state index is 15.6. The fraction of sp³-hybridized carbons (Fsp3) is 0.524. The van der Waals surface area contributed by atoms with Crippen LogP contribution >= 0.6 is 0 Å². The van der Waals surface area contributed by atoms with Gasteiger partial charge in [-0.1, -0.05) is 0 Å². The van der Waals surface area contributed by atoms with Crippen LogP contribution in [-0.2, 0) is 0 Å². The van der Waals surface area contributed by atoms with Crippen LogP contribution in [0.5, 0.6) is 5.75 Å². The molecule has 3 aliphatic rings. The standard InChI is InChI=1S/C21H23F3N4O4/c1-32-19-16-13(18(29)8(20(30)31)5-28(16)12-4-10(12)22)15(25)14(24)17(19)27-6-9(11(23)7-27)21(26)2-3-21/h5,9-12H,2-4,6-7,25-26H2,1H3,(H,30,31)/t9?,10-,11?,12-/m1/s1. The van der Waals surface area contributed by atoms with Crippen LogP contribution < -0.4 is 26.5 Å². The Bertz CT molecular complexity index is 1210. The Balaban J connectivity index is 1.77. The Morgan fingerprint density at radius 2 is 1.94 bits per heavy atom. The van der Waals surface area contributed by atoms with Gasteiger partial charge in [0.1, 0.15) is 23.6 Å². The number of nitrogens with zero attached hydrogens (tertiary/aromatic N) is 2. The van der Waals surface area contributed by atoms with E-state index < -0.39 is 63.7 Å². The van der Waals surface area contributed by atoms with Gasteiger partial charge in [-0.15, -0.1) is 0 Å². The van der Waals surface area contributed by atoms with Gasteiger partial charge in [0.25, 0.3) is 0 Å². The van der Waals surface area contributed by atoms with E-state index in [1.807, 2.05) is 0 Å². The SMILES string of the molecule is COc1c(N2CC(F)C(C3(N)CC3)C2)c(F)c(N)c2c(=O)c(C(=O)O)cn([C@@H]3C[C@H]3F)c12. The predicted molar refractivity (Wildman–Crippen MR) is 111 cm³/mol. The lowest BCUT2D eigenvalue weighted by atomic mass is 9.96. The molecule has 172 valence electrons. The van der Waals surface area contributed by atoms with E-state index in [1.54, 1.807) is 0 Å². The minimum atomic E-state index is -1.54. The molecule has 2 heterocycles. The Hall–Kier alpha value is -2.95. The highest BCUT2D eigenvalue weighted by molar-refractivity contribution is 6.03. The van der Waals surface area contributed by atoms with Crippen LogP contribution in [0.4, 0.5) is 24.5 Å². The van der Waals surface area contributed by atoms with Gasteiger partial charge >= 0.3 is 5.97 Å². The quantitative estimate of drug-likeness (QED) is 0.593. The van der Waals surface area contributed by atoms with Crippen LogP contribution in [0.2, 0.25) is 0 Å². The third-order valence-corrected chi connectivity index (χ3v) is 6.98. The number of rotatable bonds is 5. The molecule has 2 aromatic rings. The number of hydrogen-bond acceptors (Lipinski definition) is 6. The Kier molecular flexibility index (Phi) is 4.43. The molecule has 5 rings (SSSR count). The van der Waals surface area contributed by atoms with E-state index in [0.717, 1.165) is 6.20 Å². The number of benzene rings is 1. The molecule has 32 heavy (non-hydrogen) atoms. The van der Waals surface area contributed by atoms with E-state index in [-0.39, 0.29) is 36.5 Å². The first-order valence-electron chi connectivity index (χ1n) is 10.4. The van der Waals surface area contributed by atoms with Crippen molar-refractivity contribution in [3.63, 3.8) is 0 Å². The highest BCUT2D eigenvalue weighted by Crippen LogP contribution is 2.50. The third-order valence-electron chi connectivity index (χ3n) is 6.98. The molecule has 8 nitrogen and oxygen atoms in total. The fourth-order valence-corrected chi connectivity index (χ4v) is 4.90. The van der Waals surface area contributed by atoms with Crippen LogP contribution in [0, 0.1) is 11.7 Å². The summed E-state index contributed by atoms with van der Waals surface area (Å²) in [6.07, 6.45) is -0.0600. The number of carbonyl (C=O) groups is 1. The summed E-state index contributed by atoms with van der Waals surface area (Å²) in [5.41, 5.74) is 9.19. The van der Waals surface area contributed by atoms with Crippen molar-refractivity contribution in [3.05, 3.63) is 27.8 Å². The second-order valence-electron chi connectivity index (χ2n) is 9.00. The van der Waals surface area contributed by atoms with Gasteiger partial charge in [-0.25, -0.2) is 18.0 Å². The second kappa shape index (κ2) is 6.77. The number of halogens is 3. The number of alkyl halides is 2. The number of ether oxygens (including phenoxy) is 1. The summed E-state index contributed by atoms with van der Waals surface area (Å²) >= 11 is 0. The molecule has 5 N–H and O–H groups in total. The number of nitrogens with two attached hydrogens (primary N) is 2. The van der Waals surface area contributed by atoms with Crippen LogP contribution in [0.1, 0.15) is 35.7 Å². The minimum Gasteiger partial charge on any atom is -0.492 e. The molecule has 0 bridgehead atoms. The molecule has 0 spiro atoms. The molecule has 2 saturated carbocycles. The van der Waals surface area contributed by atoms with Gasteiger partial charge in [0, 0.05) is 37.2 Å². The lowest BCUT2D eigenvalue weighted by molar-refractivity contribution is 0.0694. The number of anilines is 2. The zero-order valence-electron chi connectivity index (χ0n) is 17.3. The summed E-state index contributed by atoms with van der Waals surface area (Å²) in [6, 6.07) is -0.748. The van der Waals surface area contributed by atoms with Crippen molar-refractivity contribution < 1.29 is 27.8 Å². The molecule has 11 heteroatoms. The number of nitrogen functional groups attached to an aromatic ring is 1. The molecule has 1 saturated heterocycles. The van der Waals surface area contributed by atoms with Crippen LogP contribution in [-0.4, -0.2) is 53.7 Å². The first-order chi connectivity index (χ1) is 15.1. The van der Waals surface area contributed by atoms with Crippen LogP contribution in [0.15, 0.2) is 11.0 Å². The Morgan fingerprint density at radius 3 is 2.47 bits per heavy atom. The van der Waals surface area contributed by atoms with Gasteiger partial charge in [0.05, 0.1) is 29.7 Å². The average molecular weight is 452 g/mol. The highest BCUT2D eigenvalue weighted by Gasteiger charge is 2.53. The van der Waals surface area contributed by atoms with E-state index >= 15 is 4.39 Å². The molecule has 1 aromatic heterocycles. The summed E-state index contributed by atoms with van der Waals surface area (Å²) in [5, 5.41) is 9.04. The maximum atomic E-state index is 15.6. The van der Waals surface area contributed by atoms with E-state index in [1.165, 1.54) is 16.6 Å². The number of aromatic carboxylic acids is 1. The van der Waals surface area contributed by atoms with Gasteiger partial charge in [0.2, 0.25) is 5.43 Å². The molecule has 2 aliphatic carbocycles. The topological polar surface area (TPSA) is 124 Å². The number of methoxy groups -OCH3 is 1. The molecular formula is C21H23F3N4O4. The Labute approximate surface area is 180 Å². The maximum Gasteiger partial charge on any atom is 0.341 e. The minimum absolute atomic E-state index is 0.00529. The molecule has 1 aliphatic heterocycles. The number of carboxylic acids is 1. The van der Waals surface area contributed by atoms with Gasteiger partial charge in [-0.3, -0.25) is 4.79 Å². The van der Waals surface area contributed by atoms with Crippen LogP contribution in [0.3, 0.4) is 0 Å². The van der Waals surface area contributed by atoms with Gasteiger partial charge in [0.15, 0.2) is 11.6 Å². The molecule has 3 fully saturated rings. The zero-order chi connectivity index (χ0) is 23.1. The normalized spacial score (nSPS) is 28.2. The van der Waals surface area contributed by atoms with Crippen LogP contribution in [0.25, 0.3) is 10.9 Å².